The van der Waals surface area contributed by atoms with Crippen molar-refractivity contribution >= 4 is 28.8 Å². The van der Waals surface area contributed by atoms with Crippen LogP contribution in [0, 0.1) is 0 Å². The van der Waals surface area contributed by atoms with E-state index in [0.717, 1.165) is 11.8 Å². The molecule has 0 N–H and O–H groups in total. The van der Waals surface area contributed by atoms with Gasteiger partial charge in [-0.3, -0.25) is 19.3 Å². The molecule has 0 atom stereocenters. The Morgan fingerprint density at radius 1 is 1.08 bits per heavy atom. The first-order valence-electron chi connectivity index (χ1n) is 7.58. The SMILES string of the molecule is COc1ccc(C(=O)N2CC(N3C(=O)CSC3=O)C2)c(OC)c1OC. The number of likely N-dealkylation sites (tertiary alicyclic amines) is 1. The molecule has 134 valence electrons. The van der Waals surface area contributed by atoms with Crippen LogP contribution in [0.5, 0.6) is 17.2 Å². The van der Waals surface area contributed by atoms with Crippen LogP contribution in [-0.2, 0) is 4.79 Å². The van der Waals surface area contributed by atoms with Crippen LogP contribution in [0.25, 0.3) is 0 Å². The second-order valence-corrected chi connectivity index (χ2v) is 6.49. The Morgan fingerprint density at radius 3 is 2.28 bits per heavy atom. The Morgan fingerprint density at radius 2 is 1.76 bits per heavy atom. The summed E-state index contributed by atoms with van der Waals surface area (Å²) < 4.78 is 15.8. The van der Waals surface area contributed by atoms with E-state index in [-0.39, 0.29) is 28.8 Å². The number of rotatable bonds is 5. The molecular weight excluding hydrogens is 348 g/mol. The normalized spacial score (nSPS) is 17.6. The van der Waals surface area contributed by atoms with Crippen LogP contribution in [0.15, 0.2) is 12.1 Å². The molecular formula is C16H18N2O6S. The highest BCUT2D eigenvalue weighted by Crippen LogP contribution is 2.40. The molecule has 0 aromatic heterocycles. The lowest BCUT2D eigenvalue weighted by atomic mass is 10.0. The van der Waals surface area contributed by atoms with Gasteiger partial charge < -0.3 is 19.1 Å². The number of hydrogen-bond donors (Lipinski definition) is 0. The molecule has 9 heteroatoms. The van der Waals surface area contributed by atoms with Gasteiger partial charge in [-0.25, -0.2) is 0 Å². The van der Waals surface area contributed by atoms with Crippen LogP contribution in [0.2, 0.25) is 0 Å². The third-order valence-corrected chi connectivity index (χ3v) is 5.07. The highest BCUT2D eigenvalue weighted by atomic mass is 32.2. The maximum absolute atomic E-state index is 12.8. The zero-order valence-electron chi connectivity index (χ0n) is 14.1. The summed E-state index contributed by atoms with van der Waals surface area (Å²) in [6.45, 7) is 0.628. The molecule has 25 heavy (non-hydrogen) atoms. The molecule has 0 radical (unpaired) electrons. The average Bonchev–Trinajstić information content (AvgIpc) is 2.91. The first-order chi connectivity index (χ1) is 12.0. The molecule has 1 aromatic carbocycles. The quantitative estimate of drug-likeness (QED) is 0.775. The van der Waals surface area contributed by atoms with E-state index >= 15 is 0 Å². The molecule has 0 aliphatic carbocycles. The van der Waals surface area contributed by atoms with Gasteiger partial charge in [0.05, 0.1) is 38.7 Å². The number of carbonyl (C=O) groups excluding carboxylic acids is 3. The fourth-order valence-electron chi connectivity index (χ4n) is 2.94. The molecule has 2 fully saturated rings. The Labute approximate surface area is 149 Å². The number of thioether (sulfide) groups is 1. The number of hydrogen-bond acceptors (Lipinski definition) is 7. The molecule has 8 nitrogen and oxygen atoms in total. The summed E-state index contributed by atoms with van der Waals surface area (Å²) in [5, 5.41) is -0.245. The molecule has 2 saturated heterocycles. The summed E-state index contributed by atoms with van der Waals surface area (Å²) in [7, 11) is 4.42. The predicted molar refractivity (Wildman–Crippen MR) is 90.5 cm³/mol. The van der Waals surface area contributed by atoms with Gasteiger partial charge in [0.25, 0.3) is 11.1 Å². The zero-order valence-corrected chi connectivity index (χ0v) is 14.9. The van der Waals surface area contributed by atoms with Gasteiger partial charge >= 0.3 is 0 Å². The van der Waals surface area contributed by atoms with Crippen molar-refractivity contribution in [3.05, 3.63) is 17.7 Å². The van der Waals surface area contributed by atoms with Crippen molar-refractivity contribution in [1.82, 2.24) is 9.80 Å². The Hall–Kier alpha value is -2.42. The van der Waals surface area contributed by atoms with Gasteiger partial charge in [-0.15, -0.1) is 0 Å². The highest BCUT2D eigenvalue weighted by Gasteiger charge is 2.44. The molecule has 3 amide bonds. The third kappa shape index (κ3) is 2.88. The molecule has 0 unspecified atom stereocenters. The van der Waals surface area contributed by atoms with Crippen LogP contribution in [0.4, 0.5) is 4.79 Å². The van der Waals surface area contributed by atoms with Gasteiger partial charge in [-0.1, -0.05) is 11.8 Å². The van der Waals surface area contributed by atoms with E-state index in [0.29, 0.717) is 35.9 Å². The number of benzene rings is 1. The summed E-state index contributed by atoms with van der Waals surface area (Å²) >= 11 is 0.996. The number of amides is 3. The van der Waals surface area contributed by atoms with Gasteiger partial charge in [-0.2, -0.15) is 0 Å². The van der Waals surface area contributed by atoms with Crippen molar-refractivity contribution < 1.29 is 28.6 Å². The average molecular weight is 366 g/mol. The van der Waals surface area contributed by atoms with Crippen LogP contribution >= 0.6 is 11.8 Å². The van der Waals surface area contributed by atoms with Crippen molar-refractivity contribution in [3.8, 4) is 17.2 Å². The van der Waals surface area contributed by atoms with Crippen molar-refractivity contribution in [3.63, 3.8) is 0 Å². The van der Waals surface area contributed by atoms with Crippen molar-refractivity contribution in [2.24, 2.45) is 0 Å². The van der Waals surface area contributed by atoms with Gasteiger partial charge in [0.15, 0.2) is 11.5 Å². The lowest BCUT2D eigenvalue weighted by Gasteiger charge is -2.42. The summed E-state index contributed by atoms with van der Waals surface area (Å²) in [5.74, 6) is 0.819. The summed E-state index contributed by atoms with van der Waals surface area (Å²) in [5.41, 5.74) is 0.340. The van der Waals surface area contributed by atoms with Gasteiger partial charge in [0.1, 0.15) is 0 Å². The highest BCUT2D eigenvalue weighted by molar-refractivity contribution is 8.14. The fraction of sp³-hybridized carbons (Fsp3) is 0.438. The molecule has 2 heterocycles. The van der Waals surface area contributed by atoms with Gasteiger partial charge in [-0.05, 0) is 12.1 Å². The summed E-state index contributed by atoms with van der Waals surface area (Å²) in [6.07, 6.45) is 0. The first-order valence-corrected chi connectivity index (χ1v) is 8.57. The number of ether oxygens (including phenoxy) is 3. The minimum absolute atomic E-state index is 0.173. The number of nitrogens with zero attached hydrogens (tertiary/aromatic N) is 2. The van der Waals surface area contributed by atoms with E-state index in [9.17, 15) is 14.4 Å². The third-order valence-electron chi connectivity index (χ3n) is 4.23. The van der Waals surface area contributed by atoms with Crippen LogP contribution in [-0.4, -0.2) is 73.1 Å². The maximum Gasteiger partial charge on any atom is 0.289 e. The van der Waals surface area contributed by atoms with Crippen LogP contribution < -0.4 is 14.2 Å². The van der Waals surface area contributed by atoms with Crippen molar-refractivity contribution in [2.45, 2.75) is 6.04 Å². The lowest BCUT2D eigenvalue weighted by molar-refractivity contribution is -0.128. The molecule has 0 saturated carbocycles. The van der Waals surface area contributed by atoms with E-state index in [1.165, 1.54) is 26.2 Å². The second-order valence-electron chi connectivity index (χ2n) is 5.56. The molecule has 3 rings (SSSR count). The number of methoxy groups -OCH3 is 3. The standard InChI is InChI=1S/C16H18N2O6S/c1-22-11-5-4-10(13(23-2)14(11)24-3)15(20)17-6-9(7-17)18-12(19)8-25-16(18)21/h4-5,9H,6-8H2,1-3H3. The number of imide groups is 1. The van der Waals surface area contributed by atoms with Gasteiger partial charge in [0, 0.05) is 13.1 Å². The second kappa shape index (κ2) is 6.83. The molecule has 2 aliphatic heterocycles. The topological polar surface area (TPSA) is 85.4 Å². The minimum atomic E-state index is -0.259. The van der Waals surface area contributed by atoms with Crippen molar-refractivity contribution in [1.29, 1.82) is 0 Å². The van der Waals surface area contributed by atoms with E-state index in [1.807, 2.05) is 0 Å². The lowest BCUT2D eigenvalue weighted by Crippen LogP contribution is -2.62. The van der Waals surface area contributed by atoms with E-state index in [4.69, 9.17) is 14.2 Å². The minimum Gasteiger partial charge on any atom is -0.493 e. The zero-order chi connectivity index (χ0) is 18.1. The molecule has 0 spiro atoms. The summed E-state index contributed by atoms with van der Waals surface area (Å²) in [4.78, 5) is 39.1. The number of carbonyl (C=O) groups is 3. The van der Waals surface area contributed by atoms with Gasteiger partial charge in [0.2, 0.25) is 11.7 Å². The fourth-order valence-corrected chi connectivity index (χ4v) is 3.72. The Kier molecular flexibility index (Phi) is 4.76. The van der Waals surface area contributed by atoms with E-state index < -0.39 is 0 Å². The monoisotopic (exact) mass is 366 g/mol. The van der Waals surface area contributed by atoms with E-state index in [1.54, 1.807) is 17.0 Å². The Balaban J connectivity index is 1.77. The first kappa shape index (κ1) is 17.4. The van der Waals surface area contributed by atoms with Crippen LogP contribution in [0.3, 0.4) is 0 Å². The van der Waals surface area contributed by atoms with Crippen LogP contribution in [0.1, 0.15) is 10.4 Å². The largest absolute Gasteiger partial charge is 0.493 e. The maximum atomic E-state index is 12.8. The predicted octanol–water partition coefficient (Wildman–Crippen LogP) is 1.23. The van der Waals surface area contributed by atoms with E-state index in [2.05, 4.69) is 0 Å². The van der Waals surface area contributed by atoms with Crippen molar-refractivity contribution in [2.75, 3.05) is 40.2 Å². The molecule has 0 bridgehead atoms. The molecule has 1 aromatic rings. The smallest absolute Gasteiger partial charge is 0.289 e. The summed E-state index contributed by atoms with van der Waals surface area (Å²) in [6, 6.07) is 2.98. The Bertz CT molecular complexity index is 716. The molecule has 2 aliphatic rings.